The molecule has 0 amide bonds. The standard InChI is InChI=1S/C20H37NO3Si/c1-8-22-19(23-9-2)16-21-15-14-17-10-12-18(13-11-17)24-25(6,7)20(3,4)5/h10-13,19,21H,8-9,14-16H2,1-7H3. The number of hydrogen-bond donors (Lipinski definition) is 1. The Labute approximate surface area is 155 Å². The van der Waals surface area contributed by atoms with E-state index in [-0.39, 0.29) is 11.3 Å². The van der Waals surface area contributed by atoms with Crippen molar-refractivity contribution in [2.45, 2.75) is 65.5 Å². The second-order valence-corrected chi connectivity index (χ2v) is 12.5. The lowest BCUT2D eigenvalue weighted by atomic mass is 10.1. The monoisotopic (exact) mass is 367 g/mol. The molecule has 0 bridgehead atoms. The highest BCUT2D eigenvalue weighted by atomic mass is 28.4. The number of benzene rings is 1. The molecule has 25 heavy (non-hydrogen) atoms. The molecule has 5 heteroatoms. The van der Waals surface area contributed by atoms with Crippen LogP contribution < -0.4 is 9.74 Å². The van der Waals surface area contributed by atoms with E-state index in [1.54, 1.807) is 0 Å². The van der Waals surface area contributed by atoms with E-state index >= 15 is 0 Å². The van der Waals surface area contributed by atoms with Gasteiger partial charge in [0, 0.05) is 19.8 Å². The van der Waals surface area contributed by atoms with Crippen LogP contribution >= 0.6 is 0 Å². The minimum absolute atomic E-state index is 0.157. The van der Waals surface area contributed by atoms with Crippen LogP contribution in [0.3, 0.4) is 0 Å². The molecule has 0 atom stereocenters. The van der Waals surface area contributed by atoms with E-state index in [4.69, 9.17) is 13.9 Å². The van der Waals surface area contributed by atoms with Crippen molar-refractivity contribution >= 4 is 8.32 Å². The Kier molecular flexibility index (Phi) is 9.14. The first kappa shape index (κ1) is 22.2. The lowest BCUT2D eigenvalue weighted by Crippen LogP contribution is -2.43. The molecule has 1 rings (SSSR count). The highest BCUT2D eigenvalue weighted by Crippen LogP contribution is 2.37. The SMILES string of the molecule is CCOC(CNCCc1ccc(O[Si](C)(C)C(C)(C)C)cc1)OCC. The van der Waals surface area contributed by atoms with Gasteiger partial charge in [-0.25, -0.2) is 0 Å². The highest BCUT2D eigenvalue weighted by molar-refractivity contribution is 6.74. The van der Waals surface area contributed by atoms with Gasteiger partial charge in [-0.05, 0) is 62.6 Å². The molecular weight excluding hydrogens is 330 g/mol. The van der Waals surface area contributed by atoms with Gasteiger partial charge in [-0.15, -0.1) is 0 Å². The van der Waals surface area contributed by atoms with Crippen molar-refractivity contribution in [3.8, 4) is 5.75 Å². The van der Waals surface area contributed by atoms with Gasteiger partial charge in [0.15, 0.2) is 6.29 Å². The summed E-state index contributed by atoms with van der Waals surface area (Å²) in [5.74, 6) is 0.982. The molecule has 0 saturated carbocycles. The molecule has 0 fully saturated rings. The summed E-state index contributed by atoms with van der Waals surface area (Å²) in [6, 6.07) is 8.51. The third-order valence-electron chi connectivity index (χ3n) is 4.71. The first-order valence-electron chi connectivity index (χ1n) is 9.41. The fraction of sp³-hybridized carbons (Fsp3) is 0.700. The van der Waals surface area contributed by atoms with Crippen LogP contribution in [0.5, 0.6) is 5.75 Å². The minimum Gasteiger partial charge on any atom is -0.544 e. The molecule has 0 aliphatic rings. The van der Waals surface area contributed by atoms with Crippen molar-refractivity contribution in [3.05, 3.63) is 29.8 Å². The van der Waals surface area contributed by atoms with Crippen LogP contribution in [-0.4, -0.2) is 40.9 Å². The summed E-state index contributed by atoms with van der Waals surface area (Å²) in [6.07, 6.45) is 0.820. The predicted molar refractivity (Wildman–Crippen MR) is 108 cm³/mol. The fourth-order valence-electron chi connectivity index (χ4n) is 2.16. The fourth-order valence-corrected chi connectivity index (χ4v) is 3.19. The van der Waals surface area contributed by atoms with Crippen molar-refractivity contribution in [1.29, 1.82) is 0 Å². The minimum atomic E-state index is -1.76. The van der Waals surface area contributed by atoms with Crippen LogP contribution in [0.2, 0.25) is 18.1 Å². The molecule has 0 heterocycles. The van der Waals surface area contributed by atoms with Crippen LogP contribution in [0.1, 0.15) is 40.2 Å². The molecule has 1 aromatic rings. The number of ether oxygens (including phenoxy) is 2. The topological polar surface area (TPSA) is 39.7 Å². The largest absolute Gasteiger partial charge is 0.544 e. The van der Waals surface area contributed by atoms with Gasteiger partial charge in [-0.1, -0.05) is 32.9 Å². The molecule has 0 saturated heterocycles. The zero-order valence-corrected chi connectivity index (χ0v) is 18.1. The summed E-state index contributed by atoms with van der Waals surface area (Å²) in [5, 5.41) is 3.62. The maximum atomic E-state index is 6.32. The van der Waals surface area contributed by atoms with E-state index in [0.29, 0.717) is 19.8 Å². The van der Waals surface area contributed by atoms with Crippen LogP contribution in [0, 0.1) is 0 Å². The number of nitrogens with one attached hydrogen (secondary N) is 1. The molecule has 1 aromatic carbocycles. The summed E-state index contributed by atoms with van der Waals surface area (Å²) in [7, 11) is -1.76. The van der Waals surface area contributed by atoms with E-state index < -0.39 is 8.32 Å². The molecule has 0 unspecified atom stereocenters. The van der Waals surface area contributed by atoms with Crippen LogP contribution in [0.4, 0.5) is 0 Å². The molecule has 4 nitrogen and oxygen atoms in total. The van der Waals surface area contributed by atoms with Crippen LogP contribution in [0.15, 0.2) is 24.3 Å². The van der Waals surface area contributed by atoms with E-state index in [2.05, 4.69) is 63.4 Å². The van der Waals surface area contributed by atoms with Crippen molar-refractivity contribution in [3.63, 3.8) is 0 Å². The zero-order chi connectivity index (χ0) is 18.9. The van der Waals surface area contributed by atoms with E-state index in [9.17, 15) is 0 Å². The molecule has 1 N–H and O–H groups in total. The Morgan fingerprint density at radius 2 is 1.56 bits per heavy atom. The average molecular weight is 368 g/mol. The second-order valence-electron chi connectivity index (χ2n) is 7.80. The van der Waals surface area contributed by atoms with E-state index in [1.165, 1.54) is 5.56 Å². The van der Waals surface area contributed by atoms with Gasteiger partial charge in [-0.3, -0.25) is 0 Å². The molecule has 0 spiro atoms. The van der Waals surface area contributed by atoms with Crippen LogP contribution in [0.25, 0.3) is 0 Å². The molecule has 144 valence electrons. The Morgan fingerprint density at radius 1 is 1.00 bits per heavy atom. The Balaban J connectivity index is 2.42. The summed E-state index contributed by atoms with van der Waals surface area (Å²) in [4.78, 5) is 0. The molecular formula is C20H37NO3Si. The lowest BCUT2D eigenvalue weighted by Gasteiger charge is -2.36. The van der Waals surface area contributed by atoms with Crippen molar-refractivity contribution in [1.82, 2.24) is 5.32 Å². The van der Waals surface area contributed by atoms with Gasteiger partial charge in [-0.2, -0.15) is 0 Å². The number of rotatable bonds is 11. The Bertz CT molecular complexity index is 477. The summed E-state index contributed by atoms with van der Waals surface area (Å²) >= 11 is 0. The lowest BCUT2D eigenvalue weighted by molar-refractivity contribution is -0.132. The van der Waals surface area contributed by atoms with Gasteiger partial charge in [0.2, 0.25) is 8.32 Å². The molecule has 0 aliphatic heterocycles. The first-order valence-corrected chi connectivity index (χ1v) is 12.3. The van der Waals surface area contributed by atoms with E-state index in [1.807, 2.05) is 13.8 Å². The first-order chi connectivity index (χ1) is 11.7. The number of hydrogen-bond acceptors (Lipinski definition) is 4. The van der Waals surface area contributed by atoms with Gasteiger partial charge in [0.25, 0.3) is 0 Å². The van der Waals surface area contributed by atoms with Gasteiger partial charge < -0.3 is 19.2 Å². The predicted octanol–water partition coefficient (Wildman–Crippen LogP) is 4.60. The van der Waals surface area contributed by atoms with Gasteiger partial charge in [0.1, 0.15) is 5.75 Å². The smallest absolute Gasteiger partial charge is 0.250 e. The molecule has 0 aliphatic carbocycles. The summed E-state index contributed by atoms with van der Waals surface area (Å²) in [6.45, 7) is 18.3. The molecule has 0 radical (unpaired) electrons. The van der Waals surface area contributed by atoms with Crippen molar-refractivity contribution < 1.29 is 13.9 Å². The molecule has 0 aromatic heterocycles. The second kappa shape index (κ2) is 10.3. The Morgan fingerprint density at radius 3 is 2.04 bits per heavy atom. The van der Waals surface area contributed by atoms with Crippen molar-refractivity contribution in [2.24, 2.45) is 0 Å². The Hall–Kier alpha value is -0.883. The maximum absolute atomic E-state index is 6.32. The zero-order valence-electron chi connectivity index (χ0n) is 17.1. The van der Waals surface area contributed by atoms with Gasteiger partial charge in [0.05, 0.1) is 0 Å². The third-order valence-corrected chi connectivity index (χ3v) is 9.07. The highest BCUT2D eigenvalue weighted by Gasteiger charge is 2.38. The third kappa shape index (κ3) is 7.90. The normalized spacial score (nSPS) is 12.6. The summed E-state index contributed by atoms with van der Waals surface area (Å²) < 4.78 is 17.4. The quantitative estimate of drug-likeness (QED) is 0.352. The summed E-state index contributed by atoms with van der Waals surface area (Å²) in [5.41, 5.74) is 1.31. The maximum Gasteiger partial charge on any atom is 0.250 e. The van der Waals surface area contributed by atoms with Crippen molar-refractivity contribution in [2.75, 3.05) is 26.3 Å². The van der Waals surface area contributed by atoms with Gasteiger partial charge >= 0.3 is 0 Å². The average Bonchev–Trinajstić information content (AvgIpc) is 2.52. The van der Waals surface area contributed by atoms with Crippen LogP contribution in [-0.2, 0) is 15.9 Å². The van der Waals surface area contributed by atoms with E-state index in [0.717, 1.165) is 18.7 Å².